The molecule has 140 valence electrons. The van der Waals surface area contributed by atoms with Crippen molar-refractivity contribution in [3.05, 3.63) is 35.9 Å². The van der Waals surface area contributed by atoms with Crippen LogP contribution in [-0.2, 0) is 26.8 Å². The fraction of sp³-hybridized carbons (Fsp3) is 0. The SMILES string of the molecule is F.O=C(OP(=O)(OP(=O)(O)O)OP(=O)(O)O)c1ccccc1.[KH].[KH].[KH].[KH].[NaH].[NaH].[NaH]. The molecule has 1 rings (SSSR count). The molecular formula is C7H17FK4Na3O11P3. The Morgan fingerprint density at radius 1 is 0.724 bits per heavy atom. The quantitative estimate of drug-likeness (QED) is 0.187. The van der Waals surface area contributed by atoms with Crippen molar-refractivity contribution < 1.29 is 55.9 Å². The number of phosphoric acid groups is 3. The van der Waals surface area contributed by atoms with Crippen LogP contribution in [-0.4, -0.2) is 320 Å². The molecule has 1 aromatic carbocycles. The zero-order valence-corrected chi connectivity index (χ0v) is 13.0. The molecule has 0 unspecified atom stereocenters. The molecule has 0 aliphatic heterocycles. The molecule has 0 fully saturated rings. The van der Waals surface area contributed by atoms with Gasteiger partial charge in [0.2, 0.25) is 0 Å². The third-order valence-corrected chi connectivity index (χ3v) is 5.31. The standard InChI is InChI=1S/C7H9O11P3.FH.4K.3Na.7H/c8-7(6-4-2-1-3-5-6)16-21(15,17-19(9,10)11)18-20(12,13)14;;;;;;;;;;;;;;;/h1-5H,(H2,9,10,11)(H2,12,13,14);1H;;;;;;;;;;;;;;. The molecule has 0 aliphatic carbocycles. The van der Waals surface area contributed by atoms with E-state index >= 15 is 0 Å². The van der Waals surface area contributed by atoms with Crippen molar-refractivity contribution in [2.75, 3.05) is 0 Å². The van der Waals surface area contributed by atoms with Gasteiger partial charge >= 0.3 is 324 Å². The summed E-state index contributed by atoms with van der Waals surface area (Å²) < 4.78 is 44.2. The number of benzene rings is 1. The van der Waals surface area contributed by atoms with E-state index in [-0.39, 0.29) is 304 Å². The second-order valence-corrected chi connectivity index (χ2v) is 7.68. The first kappa shape index (κ1) is 57.5. The molecule has 0 heterocycles. The van der Waals surface area contributed by atoms with E-state index in [9.17, 15) is 18.5 Å². The zero-order chi connectivity index (χ0) is 16.3. The Morgan fingerprint density at radius 2 is 1.03 bits per heavy atom. The molecule has 0 atom stereocenters. The number of rotatable bonds is 6. The molecule has 0 saturated heterocycles. The van der Waals surface area contributed by atoms with Gasteiger partial charge in [0.1, 0.15) is 0 Å². The van der Waals surface area contributed by atoms with Crippen LogP contribution in [0.15, 0.2) is 30.3 Å². The van der Waals surface area contributed by atoms with Gasteiger partial charge in [0, 0.05) is 0 Å². The molecule has 0 aliphatic rings. The molecule has 11 nitrogen and oxygen atoms in total. The third kappa shape index (κ3) is 31.0. The molecule has 29 heavy (non-hydrogen) atoms. The van der Waals surface area contributed by atoms with E-state index in [1.54, 1.807) is 0 Å². The number of hydrogen-bond acceptors (Lipinski definition) is 7. The fourth-order valence-corrected chi connectivity index (χ4v) is 4.08. The van der Waals surface area contributed by atoms with Crippen molar-refractivity contribution in [3.63, 3.8) is 0 Å². The zero-order valence-electron chi connectivity index (χ0n) is 10.3. The van der Waals surface area contributed by atoms with Gasteiger partial charge in [-0.25, -0.2) is 18.5 Å². The van der Waals surface area contributed by atoms with E-state index in [0.717, 1.165) is 0 Å². The van der Waals surface area contributed by atoms with Crippen molar-refractivity contribution in [1.29, 1.82) is 0 Å². The van der Waals surface area contributed by atoms with Gasteiger partial charge in [0.05, 0.1) is 5.56 Å². The van der Waals surface area contributed by atoms with E-state index in [0.29, 0.717) is 0 Å². The van der Waals surface area contributed by atoms with E-state index < -0.39 is 29.4 Å². The van der Waals surface area contributed by atoms with Crippen LogP contribution in [0.3, 0.4) is 0 Å². The average molecular weight is 614 g/mol. The summed E-state index contributed by atoms with van der Waals surface area (Å²) in [6.07, 6.45) is 0. The van der Waals surface area contributed by atoms with Gasteiger partial charge in [0.25, 0.3) is 0 Å². The summed E-state index contributed by atoms with van der Waals surface area (Å²) in [5.74, 6) is -1.43. The van der Waals surface area contributed by atoms with Crippen LogP contribution in [0.1, 0.15) is 10.4 Å². The van der Waals surface area contributed by atoms with Gasteiger partial charge in [-0.15, -0.1) is 0 Å². The molecule has 22 heteroatoms. The van der Waals surface area contributed by atoms with Gasteiger partial charge in [0.15, 0.2) is 0 Å². The summed E-state index contributed by atoms with van der Waals surface area (Å²) in [6.45, 7) is 0. The first-order chi connectivity index (χ1) is 9.40. The Kier molecular flexibility index (Phi) is 55.8. The van der Waals surface area contributed by atoms with Crippen LogP contribution in [0.25, 0.3) is 0 Å². The van der Waals surface area contributed by atoms with Gasteiger partial charge in [-0.2, -0.15) is 8.62 Å². The molecule has 4 N–H and O–H groups in total. The predicted octanol–water partition coefficient (Wildman–Crippen LogP) is -3.22. The monoisotopic (exact) mass is 614 g/mol. The Morgan fingerprint density at radius 3 is 1.31 bits per heavy atom. The number of halogens is 1. The molecular weight excluding hydrogens is 597 g/mol. The minimum absolute atomic E-state index is 0. The van der Waals surface area contributed by atoms with Gasteiger partial charge < -0.3 is 24.1 Å². The van der Waals surface area contributed by atoms with Crippen molar-refractivity contribution in [3.8, 4) is 0 Å². The topological polar surface area (TPSA) is 177 Å². The van der Waals surface area contributed by atoms with Gasteiger partial charge in [-0.3, -0.25) is 4.70 Å². The predicted molar refractivity (Wildman–Crippen MR) is 118 cm³/mol. The Balaban J connectivity index is -0.0000000919. The van der Waals surface area contributed by atoms with E-state index in [1.807, 2.05) is 0 Å². The maximum atomic E-state index is 11.8. The molecule has 0 amide bonds. The molecule has 0 spiro atoms. The minimum atomic E-state index is -5.56. The van der Waals surface area contributed by atoms with Crippen molar-refractivity contribution in [2.24, 2.45) is 0 Å². The molecule has 1 aromatic rings. The summed E-state index contributed by atoms with van der Waals surface area (Å²) >= 11 is 0. The van der Waals surface area contributed by atoms with Crippen LogP contribution in [0.2, 0.25) is 0 Å². The summed E-state index contributed by atoms with van der Waals surface area (Å²) in [4.78, 5) is 45.7. The maximum absolute atomic E-state index is 11.8. The summed E-state index contributed by atoms with van der Waals surface area (Å²) in [6, 6.07) is 6.66. The van der Waals surface area contributed by atoms with Crippen LogP contribution < -0.4 is 0 Å². The van der Waals surface area contributed by atoms with E-state index in [2.05, 4.69) is 13.1 Å². The Hall–Kier alpha value is 8.62. The van der Waals surface area contributed by atoms with Crippen LogP contribution >= 0.6 is 23.5 Å². The molecule has 0 saturated carbocycles. The van der Waals surface area contributed by atoms with E-state index in [4.69, 9.17) is 19.6 Å². The fourth-order valence-electron chi connectivity index (χ4n) is 1.04. The van der Waals surface area contributed by atoms with Crippen LogP contribution in [0, 0.1) is 0 Å². The first-order valence-corrected chi connectivity index (χ1v) is 9.35. The Labute approximate surface area is 403 Å². The second-order valence-electron chi connectivity index (χ2n) is 3.34. The van der Waals surface area contributed by atoms with Crippen molar-refractivity contribution >= 4 is 324 Å². The Bertz CT molecular complexity index is 651. The third-order valence-electron chi connectivity index (χ3n) is 1.62. The second kappa shape index (κ2) is 28.2. The number of carbonyl (C=O) groups excluding carboxylic acids is 1. The van der Waals surface area contributed by atoms with Gasteiger partial charge in [-0.05, 0) is 12.1 Å². The first-order valence-electron chi connectivity index (χ1n) is 4.83. The van der Waals surface area contributed by atoms with Crippen molar-refractivity contribution in [1.82, 2.24) is 0 Å². The van der Waals surface area contributed by atoms with Crippen LogP contribution in [0.5, 0.6) is 0 Å². The van der Waals surface area contributed by atoms with Crippen molar-refractivity contribution in [2.45, 2.75) is 0 Å². The molecule has 0 bridgehead atoms. The average Bonchev–Trinajstić information content (AvgIpc) is 2.24. The number of carbonyl (C=O) groups is 1. The summed E-state index contributed by atoms with van der Waals surface area (Å²) in [5.41, 5.74) is -0.221. The summed E-state index contributed by atoms with van der Waals surface area (Å²) in [5, 5.41) is 0. The van der Waals surface area contributed by atoms with Gasteiger partial charge in [-0.1, -0.05) is 18.2 Å². The number of hydrogen-bond donors (Lipinski definition) is 4. The molecule has 0 radical (unpaired) electrons. The van der Waals surface area contributed by atoms with Crippen LogP contribution in [0.4, 0.5) is 4.70 Å². The molecule has 0 aromatic heterocycles. The van der Waals surface area contributed by atoms with E-state index in [1.165, 1.54) is 30.3 Å². The summed E-state index contributed by atoms with van der Waals surface area (Å²) in [7, 11) is -16.6. The normalized spacial score (nSPS) is 9.38.